The lowest BCUT2D eigenvalue weighted by atomic mass is 10.1. The molecule has 1 N–H and O–H groups in total. The quantitative estimate of drug-likeness (QED) is 0.900. The van der Waals surface area contributed by atoms with E-state index in [1.54, 1.807) is 12.1 Å². The average Bonchev–Trinajstić information content (AvgIpc) is 2.54. The molecule has 126 valence electrons. The minimum atomic E-state index is -0.220. The van der Waals surface area contributed by atoms with Gasteiger partial charge in [-0.3, -0.25) is 9.59 Å². The highest BCUT2D eigenvalue weighted by Gasteiger charge is 2.16. The highest BCUT2D eigenvalue weighted by molar-refractivity contribution is 6.31. The summed E-state index contributed by atoms with van der Waals surface area (Å²) in [7, 11) is 0. The number of carbonyl (C=O) groups excluding carboxylic acids is 2. The van der Waals surface area contributed by atoms with Crippen LogP contribution in [-0.2, 0) is 16.1 Å². The third-order valence-corrected chi connectivity index (χ3v) is 4.17. The van der Waals surface area contributed by atoms with Crippen molar-refractivity contribution in [3.63, 3.8) is 0 Å². The predicted octanol–water partition coefficient (Wildman–Crippen LogP) is 3.63. The van der Waals surface area contributed by atoms with Gasteiger partial charge in [-0.2, -0.15) is 0 Å². The van der Waals surface area contributed by atoms with Gasteiger partial charge < -0.3 is 10.2 Å². The number of amides is 2. The minimum Gasteiger partial charge on any atom is -0.350 e. The number of rotatable bonds is 5. The molecular weight excluding hydrogens is 324 g/mol. The molecule has 2 rings (SSSR count). The Kier molecular flexibility index (Phi) is 5.99. The molecule has 0 radical (unpaired) electrons. The second-order valence-electron chi connectivity index (χ2n) is 5.80. The molecule has 0 atom stereocenters. The third-order valence-electron chi connectivity index (χ3n) is 3.76. The molecule has 0 fully saturated rings. The number of benzene rings is 2. The molecule has 0 aliphatic heterocycles. The maximum atomic E-state index is 12.2. The first-order valence-electron chi connectivity index (χ1n) is 7.73. The maximum Gasteiger partial charge on any atom is 0.240 e. The van der Waals surface area contributed by atoms with Crippen molar-refractivity contribution in [3.8, 4) is 0 Å². The molecule has 24 heavy (non-hydrogen) atoms. The fourth-order valence-corrected chi connectivity index (χ4v) is 2.41. The first-order valence-corrected chi connectivity index (χ1v) is 8.11. The third kappa shape index (κ3) is 4.83. The van der Waals surface area contributed by atoms with Gasteiger partial charge in [0.25, 0.3) is 0 Å². The normalized spacial score (nSPS) is 10.3. The molecule has 0 saturated heterocycles. The molecule has 5 heteroatoms. The Hall–Kier alpha value is -2.33. The van der Waals surface area contributed by atoms with Gasteiger partial charge in [-0.25, -0.2) is 0 Å². The monoisotopic (exact) mass is 344 g/mol. The summed E-state index contributed by atoms with van der Waals surface area (Å²) in [5.74, 6) is -0.428. The van der Waals surface area contributed by atoms with E-state index in [2.05, 4.69) is 5.32 Å². The van der Waals surface area contributed by atoms with Crippen LogP contribution in [0.15, 0.2) is 42.5 Å². The summed E-state index contributed by atoms with van der Waals surface area (Å²) in [6.07, 6.45) is 0. The molecule has 2 aromatic rings. The molecule has 2 aromatic carbocycles. The van der Waals surface area contributed by atoms with E-state index >= 15 is 0 Å². The maximum absolute atomic E-state index is 12.2. The smallest absolute Gasteiger partial charge is 0.240 e. The van der Waals surface area contributed by atoms with Gasteiger partial charge in [0.1, 0.15) is 6.54 Å². The van der Waals surface area contributed by atoms with Crippen LogP contribution in [0.5, 0.6) is 0 Å². The summed E-state index contributed by atoms with van der Waals surface area (Å²) in [6.45, 7) is 5.72. The topological polar surface area (TPSA) is 49.4 Å². The molecular formula is C19H21ClN2O2. The van der Waals surface area contributed by atoms with E-state index in [0.29, 0.717) is 17.3 Å². The second-order valence-corrected chi connectivity index (χ2v) is 6.21. The van der Waals surface area contributed by atoms with Gasteiger partial charge in [0.2, 0.25) is 11.8 Å². The van der Waals surface area contributed by atoms with Gasteiger partial charge in [-0.1, -0.05) is 47.5 Å². The van der Waals surface area contributed by atoms with Gasteiger partial charge in [0.05, 0.1) is 0 Å². The van der Waals surface area contributed by atoms with Crippen molar-refractivity contribution >= 4 is 29.1 Å². The number of hydrogen-bond acceptors (Lipinski definition) is 2. The van der Waals surface area contributed by atoms with E-state index in [9.17, 15) is 9.59 Å². The van der Waals surface area contributed by atoms with Gasteiger partial charge in [0.15, 0.2) is 0 Å². The zero-order chi connectivity index (χ0) is 17.7. The van der Waals surface area contributed by atoms with Crippen molar-refractivity contribution in [2.75, 3.05) is 11.4 Å². The predicted molar refractivity (Wildman–Crippen MR) is 97.2 cm³/mol. The van der Waals surface area contributed by atoms with E-state index in [-0.39, 0.29) is 18.4 Å². The molecule has 0 bridgehead atoms. The van der Waals surface area contributed by atoms with Crippen molar-refractivity contribution in [3.05, 3.63) is 64.2 Å². The summed E-state index contributed by atoms with van der Waals surface area (Å²) in [4.78, 5) is 25.5. The summed E-state index contributed by atoms with van der Waals surface area (Å²) in [5.41, 5.74) is 3.72. The first-order chi connectivity index (χ1) is 11.4. The van der Waals surface area contributed by atoms with Crippen molar-refractivity contribution in [1.29, 1.82) is 0 Å². The van der Waals surface area contributed by atoms with Crippen LogP contribution in [0.4, 0.5) is 5.69 Å². The Balaban J connectivity index is 2.01. The van der Waals surface area contributed by atoms with Crippen molar-refractivity contribution in [2.24, 2.45) is 0 Å². The Morgan fingerprint density at radius 3 is 2.33 bits per heavy atom. The van der Waals surface area contributed by atoms with Crippen LogP contribution < -0.4 is 10.2 Å². The summed E-state index contributed by atoms with van der Waals surface area (Å²) in [5, 5.41) is 3.40. The van der Waals surface area contributed by atoms with Gasteiger partial charge in [0, 0.05) is 24.2 Å². The molecule has 0 heterocycles. The SMILES string of the molecule is CC(=O)N(CC(=O)NCc1ccc(C)cc1)c1ccc(C)c(Cl)c1. The van der Waals surface area contributed by atoms with Crippen LogP contribution in [0.3, 0.4) is 0 Å². The number of nitrogens with zero attached hydrogens (tertiary/aromatic N) is 1. The van der Waals surface area contributed by atoms with E-state index in [1.165, 1.54) is 17.4 Å². The summed E-state index contributed by atoms with van der Waals surface area (Å²) < 4.78 is 0. The fraction of sp³-hybridized carbons (Fsp3) is 0.263. The minimum absolute atomic E-state index is 0.0411. The van der Waals surface area contributed by atoms with E-state index in [0.717, 1.165) is 11.1 Å². The van der Waals surface area contributed by atoms with Gasteiger partial charge in [-0.15, -0.1) is 0 Å². The molecule has 0 aliphatic carbocycles. The number of halogens is 1. The molecule has 4 nitrogen and oxygen atoms in total. The van der Waals surface area contributed by atoms with E-state index < -0.39 is 0 Å². The Morgan fingerprint density at radius 1 is 1.08 bits per heavy atom. The fourth-order valence-electron chi connectivity index (χ4n) is 2.24. The van der Waals surface area contributed by atoms with Crippen LogP contribution in [0.2, 0.25) is 5.02 Å². The molecule has 2 amide bonds. The largest absolute Gasteiger partial charge is 0.350 e. The molecule has 0 saturated carbocycles. The lowest BCUT2D eigenvalue weighted by molar-refractivity contribution is -0.123. The standard InChI is InChI=1S/C19H21ClN2O2/c1-13-4-7-16(8-5-13)11-21-19(24)12-22(15(3)23)17-9-6-14(2)18(20)10-17/h4-10H,11-12H2,1-3H3,(H,21,24). The average molecular weight is 345 g/mol. The van der Waals surface area contributed by atoms with Gasteiger partial charge >= 0.3 is 0 Å². The summed E-state index contributed by atoms with van der Waals surface area (Å²) in [6, 6.07) is 13.3. The van der Waals surface area contributed by atoms with E-state index in [4.69, 9.17) is 11.6 Å². The molecule has 0 spiro atoms. The summed E-state index contributed by atoms with van der Waals surface area (Å²) >= 11 is 6.11. The van der Waals surface area contributed by atoms with Crippen LogP contribution in [-0.4, -0.2) is 18.4 Å². The van der Waals surface area contributed by atoms with Gasteiger partial charge in [-0.05, 0) is 37.1 Å². The van der Waals surface area contributed by atoms with Crippen LogP contribution in [0.1, 0.15) is 23.6 Å². The number of aryl methyl sites for hydroxylation is 2. The Morgan fingerprint density at radius 2 is 1.75 bits per heavy atom. The molecule has 0 aromatic heterocycles. The number of hydrogen-bond donors (Lipinski definition) is 1. The zero-order valence-electron chi connectivity index (χ0n) is 14.1. The van der Waals surface area contributed by atoms with Crippen molar-refractivity contribution in [1.82, 2.24) is 5.32 Å². The number of nitrogens with one attached hydrogen (secondary N) is 1. The Labute approximate surface area is 147 Å². The molecule has 0 unspecified atom stereocenters. The van der Waals surface area contributed by atoms with Crippen molar-refractivity contribution < 1.29 is 9.59 Å². The second kappa shape index (κ2) is 7.97. The molecule has 0 aliphatic rings. The van der Waals surface area contributed by atoms with Crippen molar-refractivity contribution in [2.45, 2.75) is 27.3 Å². The lowest BCUT2D eigenvalue weighted by Gasteiger charge is -2.21. The highest BCUT2D eigenvalue weighted by Crippen LogP contribution is 2.23. The van der Waals surface area contributed by atoms with E-state index in [1.807, 2.05) is 44.2 Å². The zero-order valence-corrected chi connectivity index (χ0v) is 14.9. The first kappa shape index (κ1) is 18.0. The van der Waals surface area contributed by atoms with Crippen LogP contribution >= 0.6 is 11.6 Å². The number of carbonyl (C=O) groups is 2. The van der Waals surface area contributed by atoms with Crippen LogP contribution in [0.25, 0.3) is 0 Å². The van der Waals surface area contributed by atoms with Crippen LogP contribution in [0, 0.1) is 13.8 Å². The highest BCUT2D eigenvalue weighted by atomic mass is 35.5. The number of anilines is 1. The Bertz CT molecular complexity index is 742. The lowest BCUT2D eigenvalue weighted by Crippen LogP contribution is -2.39.